The Morgan fingerprint density at radius 1 is 1.21 bits per heavy atom. The predicted octanol–water partition coefficient (Wildman–Crippen LogP) is 2.85. The topological polar surface area (TPSA) is 101 Å². The van der Waals surface area contributed by atoms with Crippen LogP contribution >= 0.6 is 35.3 Å². The maximum absolute atomic E-state index is 5.26. The normalized spacial score (nSPS) is 11.1. The minimum Gasteiger partial charge on any atom is -0.357 e. The van der Waals surface area contributed by atoms with E-state index in [0.717, 1.165) is 36.2 Å². The van der Waals surface area contributed by atoms with Crippen LogP contribution in [0.15, 0.2) is 39.3 Å². The Balaban J connectivity index is 0.00000280. The number of pyridine rings is 1. The van der Waals surface area contributed by atoms with Gasteiger partial charge in [0.25, 0.3) is 5.89 Å². The van der Waals surface area contributed by atoms with Crippen molar-refractivity contribution >= 4 is 41.3 Å². The predicted molar refractivity (Wildman–Crippen MR) is 121 cm³/mol. The summed E-state index contributed by atoms with van der Waals surface area (Å²) >= 11 is 1.67. The standard InChI is InChI=1S/C18H23N7OS.HI/c1-3-19-18(21-10-7-14-12-27-13(2)23-14)22-11-8-16-24-17(26-25-16)15-6-4-5-9-20-15;/h4-6,9,12H,3,7-8,10-11H2,1-2H3,(H2,19,21,22);1H. The van der Waals surface area contributed by atoms with Gasteiger partial charge in [0.05, 0.1) is 10.7 Å². The Morgan fingerprint density at radius 2 is 2.11 bits per heavy atom. The molecule has 3 aromatic heterocycles. The third-order valence-electron chi connectivity index (χ3n) is 3.64. The van der Waals surface area contributed by atoms with Gasteiger partial charge in [-0.05, 0) is 26.0 Å². The Labute approximate surface area is 185 Å². The van der Waals surface area contributed by atoms with Gasteiger partial charge in [-0.3, -0.25) is 9.98 Å². The van der Waals surface area contributed by atoms with E-state index in [4.69, 9.17) is 4.52 Å². The maximum atomic E-state index is 5.26. The minimum atomic E-state index is 0. The zero-order chi connectivity index (χ0) is 18.9. The second-order valence-corrected chi connectivity index (χ2v) is 6.84. The van der Waals surface area contributed by atoms with Crippen molar-refractivity contribution in [2.24, 2.45) is 4.99 Å². The molecule has 0 unspecified atom stereocenters. The zero-order valence-electron chi connectivity index (χ0n) is 15.9. The zero-order valence-corrected chi connectivity index (χ0v) is 19.0. The summed E-state index contributed by atoms with van der Waals surface area (Å²) in [5.74, 6) is 1.82. The molecule has 0 radical (unpaired) electrons. The van der Waals surface area contributed by atoms with Crippen LogP contribution < -0.4 is 10.6 Å². The molecule has 0 aromatic carbocycles. The summed E-state index contributed by atoms with van der Waals surface area (Å²) in [5.41, 5.74) is 1.78. The Morgan fingerprint density at radius 3 is 2.82 bits per heavy atom. The average molecular weight is 513 g/mol. The lowest BCUT2D eigenvalue weighted by atomic mass is 10.3. The summed E-state index contributed by atoms with van der Waals surface area (Å²) in [4.78, 5) is 17.6. The van der Waals surface area contributed by atoms with Crippen LogP contribution in [0.1, 0.15) is 23.4 Å². The molecule has 3 heterocycles. The van der Waals surface area contributed by atoms with Crippen molar-refractivity contribution in [2.75, 3.05) is 19.6 Å². The van der Waals surface area contributed by atoms with Crippen LogP contribution in [0.3, 0.4) is 0 Å². The number of thiazole rings is 1. The number of nitrogens with one attached hydrogen (secondary N) is 2. The van der Waals surface area contributed by atoms with E-state index in [-0.39, 0.29) is 24.0 Å². The van der Waals surface area contributed by atoms with E-state index in [1.54, 1.807) is 17.5 Å². The molecule has 0 fully saturated rings. The van der Waals surface area contributed by atoms with E-state index in [2.05, 4.69) is 41.1 Å². The molecule has 150 valence electrons. The molecule has 0 atom stereocenters. The molecular formula is C18H24IN7OS. The van der Waals surface area contributed by atoms with Crippen LogP contribution in [0, 0.1) is 6.92 Å². The number of hydrogen-bond donors (Lipinski definition) is 2. The number of aryl methyl sites for hydroxylation is 1. The van der Waals surface area contributed by atoms with E-state index in [9.17, 15) is 0 Å². The molecule has 0 saturated heterocycles. The van der Waals surface area contributed by atoms with Gasteiger partial charge in [0.2, 0.25) is 0 Å². The summed E-state index contributed by atoms with van der Waals surface area (Å²) in [6.45, 7) is 6.20. The number of aromatic nitrogens is 4. The second-order valence-electron chi connectivity index (χ2n) is 5.78. The van der Waals surface area contributed by atoms with Crippen LogP contribution in [0.2, 0.25) is 0 Å². The van der Waals surface area contributed by atoms with Crippen molar-refractivity contribution in [1.29, 1.82) is 0 Å². The molecule has 10 heteroatoms. The fourth-order valence-electron chi connectivity index (χ4n) is 2.39. The van der Waals surface area contributed by atoms with Gasteiger partial charge < -0.3 is 15.2 Å². The molecule has 3 aromatic rings. The first-order valence-electron chi connectivity index (χ1n) is 8.91. The molecule has 0 bridgehead atoms. The van der Waals surface area contributed by atoms with Gasteiger partial charge in [0.1, 0.15) is 5.69 Å². The third kappa shape index (κ3) is 6.82. The van der Waals surface area contributed by atoms with Crippen molar-refractivity contribution in [3.63, 3.8) is 0 Å². The third-order valence-corrected chi connectivity index (χ3v) is 4.46. The summed E-state index contributed by atoms with van der Waals surface area (Å²) in [6.07, 6.45) is 3.16. The lowest BCUT2D eigenvalue weighted by Gasteiger charge is -2.10. The summed E-state index contributed by atoms with van der Waals surface area (Å²) < 4.78 is 5.26. The minimum absolute atomic E-state index is 0. The molecule has 0 saturated carbocycles. The van der Waals surface area contributed by atoms with Crippen molar-refractivity contribution in [3.05, 3.63) is 46.3 Å². The van der Waals surface area contributed by atoms with Crippen LogP contribution in [-0.2, 0) is 12.8 Å². The van der Waals surface area contributed by atoms with Crippen molar-refractivity contribution in [1.82, 2.24) is 30.7 Å². The van der Waals surface area contributed by atoms with Gasteiger partial charge in [0.15, 0.2) is 11.8 Å². The van der Waals surface area contributed by atoms with Gasteiger partial charge in [0, 0.05) is 44.1 Å². The average Bonchev–Trinajstić information content (AvgIpc) is 3.32. The number of guanidine groups is 1. The van der Waals surface area contributed by atoms with Gasteiger partial charge in [-0.1, -0.05) is 11.2 Å². The van der Waals surface area contributed by atoms with Crippen LogP contribution in [0.25, 0.3) is 11.6 Å². The monoisotopic (exact) mass is 513 g/mol. The van der Waals surface area contributed by atoms with Crippen molar-refractivity contribution in [2.45, 2.75) is 26.7 Å². The van der Waals surface area contributed by atoms with Gasteiger partial charge in [-0.25, -0.2) is 4.98 Å². The van der Waals surface area contributed by atoms with Gasteiger partial charge >= 0.3 is 0 Å². The lowest BCUT2D eigenvalue weighted by Crippen LogP contribution is -2.38. The van der Waals surface area contributed by atoms with E-state index in [1.807, 2.05) is 32.0 Å². The number of halogens is 1. The van der Waals surface area contributed by atoms with Crippen LogP contribution in [0.5, 0.6) is 0 Å². The molecule has 0 aliphatic carbocycles. The molecule has 0 aliphatic heterocycles. The van der Waals surface area contributed by atoms with Crippen LogP contribution in [-0.4, -0.2) is 45.7 Å². The Bertz CT molecular complexity index is 866. The largest absolute Gasteiger partial charge is 0.357 e. The van der Waals surface area contributed by atoms with Gasteiger partial charge in [-0.2, -0.15) is 4.98 Å². The molecular weight excluding hydrogens is 489 g/mol. The molecule has 0 aliphatic rings. The highest BCUT2D eigenvalue weighted by Crippen LogP contribution is 2.13. The first-order valence-corrected chi connectivity index (χ1v) is 9.79. The molecule has 0 spiro atoms. The number of rotatable bonds is 8. The van der Waals surface area contributed by atoms with Gasteiger partial charge in [-0.15, -0.1) is 35.3 Å². The van der Waals surface area contributed by atoms with E-state index in [0.29, 0.717) is 30.4 Å². The highest BCUT2D eigenvalue weighted by Gasteiger charge is 2.09. The van der Waals surface area contributed by atoms with Crippen molar-refractivity contribution in [3.8, 4) is 11.6 Å². The summed E-state index contributed by atoms with van der Waals surface area (Å²) in [5, 5.41) is 13.7. The number of aliphatic imine (C=N–C) groups is 1. The van der Waals surface area contributed by atoms with E-state index in [1.165, 1.54) is 0 Å². The molecule has 0 amide bonds. The fourth-order valence-corrected chi connectivity index (χ4v) is 3.04. The molecule has 2 N–H and O–H groups in total. The lowest BCUT2D eigenvalue weighted by molar-refractivity contribution is 0.421. The molecule has 3 rings (SSSR count). The van der Waals surface area contributed by atoms with Crippen LogP contribution in [0.4, 0.5) is 0 Å². The SMILES string of the molecule is CCNC(=NCCc1noc(-c2ccccn2)n1)NCCc1csc(C)n1.I. The maximum Gasteiger partial charge on any atom is 0.276 e. The first-order chi connectivity index (χ1) is 13.2. The quantitative estimate of drug-likeness (QED) is 0.272. The molecule has 28 heavy (non-hydrogen) atoms. The number of hydrogen-bond acceptors (Lipinski definition) is 7. The molecule has 8 nitrogen and oxygen atoms in total. The summed E-state index contributed by atoms with van der Waals surface area (Å²) in [7, 11) is 0. The summed E-state index contributed by atoms with van der Waals surface area (Å²) in [6, 6.07) is 5.57. The fraction of sp³-hybridized carbons (Fsp3) is 0.389. The van der Waals surface area contributed by atoms with Crippen molar-refractivity contribution < 1.29 is 4.52 Å². The smallest absolute Gasteiger partial charge is 0.276 e. The Kier molecular flexibility index (Phi) is 9.28. The first kappa shape index (κ1) is 22.2. The Hall–Kier alpha value is -2.08. The van der Waals surface area contributed by atoms with E-state index < -0.39 is 0 Å². The van der Waals surface area contributed by atoms with E-state index >= 15 is 0 Å². The highest BCUT2D eigenvalue weighted by atomic mass is 127. The number of nitrogens with zero attached hydrogens (tertiary/aromatic N) is 5. The second kappa shape index (κ2) is 11.7. The highest BCUT2D eigenvalue weighted by molar-refractivity contribution is 14.0.